The van der Waals surface area contributed by atoms with E-state index in [1.165, 1.54) is 24.4 Å². The van der Waals surface area contributed by atoms with Gasteiger partial charge in [0.05, 0.1) is 17.0 Å². The van der Waals surface area contributed by atoms with Gasteiger partial charge in [0.1, 0.15) is 41.4 Å². The van der Waals surface area contributed by atoms with Crippen LogP contribution in [0.15, 0.2) is 30.5 Å². The van der Waals surface area contributed by atoms with Gasteiger partial charge in [-0.05, 0) is 73.2 Å². The number of anilines is 1. The lowest BCUT2D eigenvalue weighted by atomic mass is 9.94. The van der Waals surface area contributed by atoms with E-state index in [1.807, 2.05) is 11.8 Å². The monoisotopic (exact) mass is 632 g/mol. The van der Waals surface area contributed by atoms with Gasteiger partial charge < -0.3 is 20.1 Å². The molecule has 12 heteroatoms. The van der Waals surface area contributed by atoms with Crippen LogP contribution in [-0.4, -0.2) is 80.9 Å². The van der Waals surface area contributed by atoms with Gasteiger partial charge >= 0.3 is 6.01 Å². The maximum absolute atomic E-state index is 16.9. The van der Waals surface area contributed by atoms with Crippen molar-refractivity contribution in [1.82, 2.24) is 25.2 Å². The number of carbonyl (C=O) groups excluding carboxylic acids is 1. The molecule has 1 amide bonds. The second-order valence-corrected chi connectivity index (χ2v) is 13.1. The smallest absolute Gasteiger partial charge is 0.319 e. The predicted octanol–water partition coefficient (Wildman–Crippen LogP) is 5.20. The van der Waals surface area contributed by atoms with E-state index in [0.717, 1.165) is 32.2 Å². The number of phenols is 1. The third-order valence-electron chi connectivity index (χ3n) is 10.4. The zero-order valence-electron chi connectivity index (χ0n) is 25.5. The number of aromatic hydroxyl groups is 1. The minimum atomic E-state index is -0.935. The van der Waals surface area contributed by atoms with Crippen molar-refractivity contribution in [3.05, 3.63) is 47.7 Å². The van der Waals surface area contributed by atoms with Crippen LogP contribution in [0.4, 0.5) is 19.0 Å². The molecule has 2 N–H and O–H groups in total. The number of piperidine rings is 1. The molecule has 4 aliphatic rings. The standard InChI is InChI=1S/C34H35F3N6O3/c1-2-21-24(36)7-6-18-11-20(44)12-22(28(18)21)30-29(37)31-23(15-38-30)32(43-10-3-5-25-26(43)13-27(45)39-25)41-33(40-31)46-17-34-8-4-9-42(34)16-19(35)14-34/h6-7,11-12,15,19,25-26,44H,2-5,8-10,13-14,16-17H2,1H3,(H,39,45)/t19-,25?,26?,34+/m1/s1. The molecule has 6 heterocycles. The minimum Gasteiger partial charge on any atom is -0.508 e. The van der Waals surface area contributed by atoms with Crippen LogP contribution in [0, 0.1) is 11.6 Å². The molecular weight excluding hydrogens is 597 g/mol. The molecule has 240 valence electrons. The van der Waals surface area contributed by atoms with Crippen LogP contribution in [0.1, 0.15) is 51.0 Å². The first-order chi connectivity index (χ1) is 22.2. The lowest BCUT2D eigenvalue weighted by molar-refractivity contribution is -0.119. The number of alkyl halides is 1. The molecule has 2 unspecified atom stereocenters. The van der Waals surface area contributed by atoms with E-state index in [-0.39, 0.29) is 59.6 Å². The second-order valence-electron chi connectivity index (χ2n) is 13.1. The average molecular weight is 633 g/mol. The predicted molar refractivity (Wildman–Crippen MR) is 167 cm³/mol. The van der Waals surface area contributed by atoms with Crippen molar-refractivity contribution >= 4 is 33.4 Å². The van der Waals surface area contributed by atoms with Gasteiger partial charge in [-0.25, -0.2) is 13.2 Å². The molecule has 8 rings (SSSR count). The van der Waals surface area contributed by atoms with Gasteiger partial charge in [0.15, 0.2) is 5.82 Å². The first-order valence-corrected chi connectivity index (χ1v) is 16.1. The Morgan fingerprint density at radius 3 is 2.89 bits per heavy atom. The third-order valence-corrected chi connectivity index (χ3v) is 10.4. The van der Waals surface area contributed by atoms with Crippen molar-refractivity contribution in [3.63, 3.8) is 0 Å². The van der Waals surface area contributed by atoms with Crippen LogP contribution in [0.5, 0.6) is 11.8 Å². The Balaban J connectivity index is 1.29. The number of phenolic OH excluding ortho intramolecular Hbond substituents is 1. The fraction of sp³-hybridized carbons (Fsp3) is 0.471. The number of benzene rings is 2. The summed E-state index contributed by atoms with van der Waals surface area (Å²) in [5.74, 6) is -0.915. The number of aromatic nitrogens is 3. The number of nitrogens with zero attached hydrogens (tertiary/aromatic N) is 5. The number of carbonyl (C=O) groups is 1. The molecule has 46 heavy (non-hydrogen) atoms. The number of pyridine rings is 1. The molecule has 9 nitrogen and oxygen atoms in total. The summed E-state index contributed by atoms with van der Waals surface area (Å²) in [5.41, 5.74) is 0.0551. The fourth-order valence-electron chi connectivity index (χ4n) is 8.37. The molecule has 4 fully saturated rings. The van der Waals surface area contributed by atoms with Crippen molar-refractivity contribution in [2.45, 2.75) is 75.7 Å². The van der Waals surface area contributed by atoms with E-state index in [9.17, 15) is 18.7 Å². The van der Waals surface area contributed by atoms with Crippen LogP contribution < -0.4 is 15.0 Å². The normalized spacial score (nSPS) is 26.1. The lowest BCUT2D eigenvalue weighted by Gasteiger charge is -2.38. The highest BCUT2D eigenvalue weighted by Gasteiger charge is 2.49. The molecule has 4 aliphatic heterocycles. The number of rotatable bonds is 6. The topological polar surface area (TPSA) is 104 Å². The number of ether oxygens (including phenoxy) is 1. The summed E-state index contributed by atoms with van der Waals surface area (Å²) in [6.07, 6.45) is 4.94. The maximum atomic E-state index is 16.9. The minimum absolute atomic E-state index is 0.0362. The Kier molecular flexibility index (Phi) is 6.97. The Morgan fingerprint density at radius 2 is 2.04 bits per heavy atom. The number of nitrogens with one attached hydrogen (secondary N) is 1. The summed E-state index contributed by atoms with van der Waals surface area (Å²) in [6, 6.07) is 5.53. The van der Waals surface area contributed by atoms with Gasteiger partial charge in [-0.1, -0.05) is 13.0 Å². The van der Waals surface area contributed by atoms with Crippen LogP contribution in [0.3, 0.4) is 0 Å². The molecule has 2 aromatic carbocycles. The molecule has 0 spiro atoms. The Bertz CT molecular complexity index is 1890. The fourth-order valence-corrected chi connectivity index (χ4v) is 8.37. The summed E-state index contributed by atoms with van der Waals surface area (Å²) in [5, 5.41) is 15.0. The van der Waals surface area contributed by atoms with Crippen molar-refractivity contribution in [1.29, 1.82) is 0 Å². The molecule has 4 aromatic rings. The first kappa shape index (κ1) is 29.2. The molecule has 4 saturated heterocycles. The molecule has 4 atom stereocenters. The van der Waals surface area contributed by atoms with E-state index in [1.54, 1.807) is 6.07 Å². The van der Waals surface area contributed by atoms with Gasteiger partial charge in [0, 0.05) is 43.7 Å². The van der Waals surface area contributed by atoms with Gasteiger partial charge in [0.25, 0.3) is 0 Å². The number of fused-ring (bicyclic) bond motifs is 4. The summed E-state index contributed by atoms with van der Waals surface area (Å²) >= 11 is 0. The van der Waals surface area contributed by atoms with E-state index in [4.69, 9.17) is 9.72 Å². The van der Waals surface area contributed by atoms with E-state index < -0.39 is 23.3 Å². The molecular formula is C34H35F3N6O3. The molecule has 0 radical (unpaired) electrons. The van der Waals surface area contributed by atoms with Crippen LogP contribution >= 0.6 is 0 Å². The number of amides is 1. The zero-order valence-corrected chi connectivity index (χ0v) is 25.5. The highest BCUT2D eigenvalue weighted by atomic mass is 19.1. The van der Waals surface area contributed by atoms with Crippen LogP contribution in [-0.2, 0) is 11.2 Å². The van der Waals surface area contributed by atoms with Crippen molar-refractivity contribution in [3.8, 4) is 23.0 Å². The lowest BCUT2D eigenvalue weighted by Crippen LogP contribution is -2.49. The number of hydrogen-bond donors (Lipinski definition) is 2. The second kappa shape index (κ2) is 11.0. The van der Waals surface area contributed by atoms with Crippen molar-refractivity contribution in [2.24, 2.45) is 0 Å². The summed E-state index contributed by atoms with van der Waals surface area (Å²) < 4.78 is 52.6. The van der Waals surface area contributed by atoms with Crippen LogP contribution in [0.2, 0.25) is 0 Å². The summed E-state index contributed by atoms with van der Waals surface area (Å²) in [4.78, 5) is 30.5. The van der Waals surface area contributed by atoms with Crippen molar-refractivity contribution in [2.75, 3.05) is 31.1 Å². The zero-order chi connectivity index (χ0) is 31.7. The average Bonchev–Trinajstić information content (AvgIpc) is 3.70. The third kappa shape index (κ3) is 4.63. The molecule has 2 aromatic heterocycles. The molecule has 0 aliphatic carbocycles. The van der Waals surface area contributed by atoms with Crippen LogP contribution in [0.25, 0.3) is 32.9 Å². The van der Waals surface area contributed by atoms with Gasteiger partial charge in [-0.3, -0.25) is 14.7 Å². The molecule has 0 bridgehead atoms. The van der Waals surface area contributed by atoms with E-state index >= 15 is 4.39 Å². The van der Waals surface area contributed by atoms with Crippen molar-refractivity contribution < 1.29 is 27.8 Å². The SMILES string of the molecule is CCc1c(F)ccc2cc(O)cc(-c3ncc4c(N5CCCC6NC(=O)CC65)nc(OC[C@@]56CCCN5C[C@H](F)C6)nc4c3F)c12. The molecule has 0 saturated carbocycles. The first-order valence-electron chi connectivity index (χ1n) is 16.1. The van der Waals surface area contributed by atoms with Gasteiger partial charge in [-0.15, -0.1) is 0 Å². The van der Waals surface area contributed by atoms with Gasteiger partial charge in [0.2, 0.25) is 5.91 Å². The van der Waals surface area contributed by atoms with Gasteiger partial charge in [-0.2, -0.15) is 9.97 Å². The Labute approximate surface area is 263 Å². The quantitative estimate of drug-likeness (QED) is 0.299. The number of halogens is 3. The highest BCUT2D eigenvalue weighted by molar-refractivity contribution is 6.02. The highest BCUT2D eigenvalue weighted by Crippen LogP contribution is 2.42. The summed E-state index contributed by atoms with van der Waals surface area (Å²) in [6.45, 7) is 3.75. The number of aryl methyl sites for hydroxylation is 1. The van der Waals surface area contributed by atoms with E-state index in [0.29, 0.717) is 53.5 Å². The Hall–Kier alpha value is -4.19. The Morgan fingerprint density at radius 1 is 1.17 bits per heavy atom. The number of hydrogen-bond acceptors (Lipinski definition) is 8. The largest absolute Gasteiger partial charge is 0.508 e. The maximum Gasteiger partial charge on any atom is 0.319 e. The summed E-state index contributed by atoms with van der Waals surface area (Å²) in [7, 11) is 0. The van der Waals surface area contributed by atoms with E-state index in [2.05, 4.69) is 20.2 Å².